The van der Waals surface area contributed by atoms with Crippen molar-refractivity contribution in [1.82, 2.24) is 9.88 Å². The Labute approximate surface area is 195 Å². The van der Waals surface area contributed by atoms with E-state index < -0.39 is 0 Å². The molecule has 3 aromatic carbocycles. The van der Waals surface area contributed by atoms with Gasteiger partial charge in [-0.2, -0.15) is 0 Å². The zero-order chi connectivity index (χ0) is 23.5. The number of ether oxygens (including phenoxy) is 3. The minimum Gasteiger partial charge on any atom is -0.497 e. The third kappa shape index (κ3) is 4.52. The Balaban J connectivity index is 1.46. The molecular formula is C26H23N3O5. The molecule has 0 fully saturated rings. The van der Waals surface area contributed by atoms with E-state index >= 15 is 0 Å². The maximum absolute atomic E-state index is 13.3. The summed E-state index contributed by atoms with van der Waals surface area (Å²) in [6.07, 6.45) is 0. The summed E-state index contributed by atoms with van der Waals surface area (Å²) in [7, 11) is 1.59. The normalized spacial score (nSPS) is 11.9. The largest absolute Gasteiger partial charge is 0.497 e. The lowest BCUT2D eigenvalue weighted by atomic mass is 10.1. The Morgan fingerprint density at radius 2 is 1.82 bits per heavy atom. The lowest BCUT2D eigenvalue weighted by Crippen LogP contribution is -2.35. The van der Waals surface area contributed by atoms with Crippen molar-refractivity contribution in [2.24, 2.45) is 0 Å². The monoisotopic (exact) mass is 457 g/mol. The Morgan fingerprint density at radius 1 is 1.00 bits per heavy atom. The van der Waals surface area contributed by atoms with E-state index in [1.807, 2.05) is 54.6 Å². The summed E-state index contributed by atoms with van der Waals surface area (Å²) in [5, 5.41) is 3.73. The predicted molar refractivity (Wildman–Crippen MR) is 128 cm³/mol. The number of amides is 2. The van der Waals surface area contributed by atoms with Gasteiger partial charge in [-0.05, 0) is 54.1 Å². The minimum atomic E-state index is -0.325. The highest BCUT2D eigenvalue weighted by molar-refractivity contribution is 5.89. The van der Waals surface area contributed by atoms with Crippen molar-refractivity contribution in [3.8, 4) is 17.2 Å². The molecule has 0 aliphatic carbocycles. The molecule has 8 nitrogen and oxygen atoms in total. The summed E-state index contributed by atoms with van der Waals surface area (Å²) >= 11 is 0. The van der Waals surface area contributed by atoms with Crippen LogP contribution < -0.4 is 25.1 Å². The fraction of sp³-hybridized carbons (Fsp3) is 0.154. The Morgan fingerprint density at radius 3 is 2.65 bits per heavy atom. The number of methoxy groups -OCH3 is 1. The second-order valence-corrected chi connectivity index (χ2v) is 7.92. The predicted octanol–water partition coefficient (Wildman–Crippen LogP) is 4.50. The highest BCUT2D eigenvalue weighted by Crippen LogP contribution is 2.33. The van der Waals surface area contributed by atoms with Crippen molar-refractivity contribution in [3.63, 3.8) is 0 Å². The van der Waals surface area contributed by atoms with E-state index in [1.165, 1.54) is 0 Å². The number of carbonyl (C=O) groups excluding carboxylic acids is 1. The third-order valence-corrected chi connectivity index (χ3v) is 5.61. The molecule has 2 amide bonds. The van der Waals surface area contributed by atoms with Crippen molar-refractivity contribution in [2.75, 3.05) is 19.2 Å². The van der Waals surface area contributed by atoms with Gasteiger partial charge in [0.1, 0.15) is 5.75 Å². The average Bonchev–Trinajstić information content (AvgIpc) is 3.32. The molecule has 2 heterocycles. The van der Waals surface area contributed by atoms with Crippen LogP contribution in [0.3, 0.4) is 0 Å². The van der Waals surface area contributed by atoms with E-state index in [2.05, 4.69) is 10.3 Å². The molecule has 0 atom stereocenters. The molecular weight excluding hydrogens is 434 g/mol. The van der Waals surface area contributed by atoms with Crippen molar-refractivity contribution in [1.29, 1.82) is 0 Å². The highest BCUT2D eigenvalue weighted by atomic mass is 16.7. The van der Waals surface area contributed by atoms with Crippen LogP contribution in [0.15, 0.2) is 77.6 Å². The second kappa shape index (κ2) is 9.19. The maximum atomic E-state index is 13.3. The van der Waals surface area contributed by atoms with Gasteiger partial charge in [-0.1, -0.05) is 24.3 Å². The first-order chi connectivity index (χ1) is 16.6. The molecule has 0 saturated carbocycles. The average molecular weight is 457 g/mol. The number of rotatable bonds is 6. The van der Waals surface area contributed by atoms with Crippen molar-refractivity contribution in [2.45, 2.75) is 13.1 Å². The van der Waals surface area contributed by atoms with Crippen LogP contribution in [-0.4, -0.2) is 29.8 Å². The number of pyridine rings is 1. The van der Waals surface area contributed by atoms with Crippen LogP contribution in [0.25, 0.3) is 10.9 Å². The van der Waals surface area contributed by atoms with Gasteiger partial charge in [-0.15, -0.1) is 0 Å². The first kappa shape index (κ1) is 21.4. The first-order valence-electron chi connectivity index (χ1n) is 10.8. The number of para-hydroxylation sites is 1. The molecule has 1 aromatic heterocycles. The number of hydrogen-bond acceptors (Lipinski definition) is 5. The topological polar surface area (TPSA) is 92.9 Å². The number of nitrogens with one attached hydrogen (secondary N) is 2. The molecule has 5 rings (SSSR count). The molecule has 34 heavy (non-hydrogen) atoms. The van der Waals surface area contributed by atoms with Gasteiger partial charge in [0.05, 0.1) is 13.7 Å². The van der Waals surface area contributed by atoms with E-state index in [1.54, 1.807) is 30.2 Å². The number of aromatic amines is 1. The second-order valence-electron chi connectivity index (χ2n) is 7.92. The smallest absolute Gasteiger partial charge is 0.322 e. The maximum Gasteiger partial charge on any atom is 0.322 e. The van der Waals surface area contributed by atoms with Crippen molar-refractivity contribution < 1.29 is 19.0 Å². The van der Waals surface area contributed by atoms with Gasteiger partial charge in [0.2, 0.25) is 6.79 Å². The molecule has 0 spiro atoms. The van der Waals surface area contributed by atoms with Crippen LogP contribution in [-0.2, 0) is 13.1 Å². The van der Waals surface area contributed by atoms with Crippen LogP contribution in [0.2, 0.25) is 0 Å². The molecule has 2 N–H and O–H groups in total. The quantitative estimate of drug-likeness (QED) is 0.445. The molecule has 0 radical (unpaired) electrons. The summed E-state index contributed by atoms with van der Waals surface area (Å²) in [6, 6.07) is 21.6. The lowest BCUT2D eigenvalue weighted by molar-refractivity contribution is 0.174. The zero-order valence-corrected chi connectivity index (χ0v) is 18.5. The first-order valence-corrected chi connectivity index (χ1v) is 10.8. The zero-order valence-electron chi connectivity index (χ0n) is 18.5. The Bertz CT molecular complexity index is 1400. The summed E-state index contributed by atoms with van der Waals surface area (Å²) < 4.78 is 16.2. The van der Waals surface area contributed by atoms with Gasteiger partial charge in [0, 0.05) is 28.7 Å². The number of carbonyl (C=O) groups is 1. The lowest BCUT2D eigenvalue weighted by Gasteiger charge is -2.23. The van der Waals surface area contributed by atoms with Crippen LogP contribution in [0.5, 0.6) is 17.2 Å². The van der Waals surface area contributed by atoms with Gasteiger partial charge in [-0.3, -0.25) is 4.79 Å². The molecule has 4 aromatic rings. The molecule has 8 heteroatoms. The molecule has 0 unspecified atom stereocenters. The number of nitrogens with zero attached hydrogens (tertiary/aromatic N) is 1. The molecule has 0 saturated heterocycles. The standard InChI is InChI=1S/C26H23N3O5/c1-32-21-8-9-22-18(13-21)12-19(25(30)28-22)15-29(26(31)27-20-5-3-2-4-6-20)14-17-7-10-23-24(11-17)34-16-33-23/h2-13H,14-16H2,1H3,(H,27,31)(H,28,30). The minimum absolute atomic E-state index is 0.107. The number of fused-ring (bicyclic) bond motifs is 2. The van der Waals surface area contributed by atoms with Gasteiger partial charge >= 0.3 is 6.03 Å². The van der Waals surface area contributed by atoms with Crippen LogP contribution in [0.1, 0.15) is 11.1 Å². The van der Waals surface area contributed by atoms with Crippen LogP contribution in [0, 0.1) is 0 Å². The number of H-pyrrole nitrogens is 1. The van der Waals surface area contributed by atoms with Gasteiger partial charge in [-0.25, -0.2) is 4.79 Å². The fourth-order valence-corrected chi connectivity index (χ4v) is 3.86. The number of hydrogen-bond donors (Lipinski definition) is 2. The van der Waals surface area contributed by atoms with Gasteiger partial charge < -0.3 is 29.4 Å². The number of anilines is 1. The molecule has 172 valence electrons. The van der Waals surface area contributed by atoms with Crippen molar-refractivity contribution >= 4 is 22.6 Å². The summed E-state index contributed by atoms with van der Waals surface area (Å²) in [6.45, 7) is 0.549. The Kier molecular flexibility index (Phi) is 5.78. The SMILES string of the molecule is COc1ccc2[nH]c(=O)c(CN(Cc3ccc4c(c3)OCO4)C(=O)Nc3ccccc3)cc2c1. The molecule has 1 aliphatic heterocycles. The van der Waals surface area contributed by atoms with E-state index in [0.717, 1.165) is 10.9 Å². The number of urea groups is 1. The van der Waals surface area contributed by atoms with Gasteiger partial charge in [0.25, 0.3) is 5.56 Å². The van der Waals surface area contributed by atoms with Crippen LogP contribution in [0.4, 0.5) is 10.5 Å². The molecule has 0 bridgehead atoms. The highest BCUT2D eigenvalue weighted by Gasteiger charge is 2.20. The fourth-order valence-electron chi connectivity index (χ4n) is 3.86. The van der Waals surface area contributed by atoms with Crippen molar-refractivity contribution in [3.05, 3.63) is 94.3 Å². The van der Waals surface area contributed by atoms with Gasteiger partial charge in [0.15, 0.2) is 11.5 Å². The summed E-state index contributed by atoms with van der Waals surface area (Å²) in [5.74, 6) is 1.99. The van der Waals surface area contributed by atoms with Crippen LogP contribution >= 0.6 is 0 Å². The Hall–Kier alpha value is -4.46. The van der Waals surface area contributed by atoms with E-state index in [4.69, 9.17) is 14.2 Å². The van der Waals surface area contributed by atoms with E-state index in [-0.39, 0.29) is 31.5 Å². The summed E-state index contributed by atoms with van der Waals surface area (Å²) in [5.41, 5.74) is 2.43. The van der Waals surface area contributed by atoms with E-state index in [9.17, 15) is 9.59 Å². The van der Waals surface area contributed by atoms with E-state index in [0.29, 0.717) is 34.0 Å². The third-order valence-electron chi connectivity index (χ3n) is 5.61. The molecule has 1 aliphatic rings. The summed E-state index contributed by atoms with van der Waals surface area (Å²) in [4.78, 5) is 30.6. The number of benzene rings is 3. The number of aromatic nitrogens is 1.